The van der Waals surface area contributed by atoms with E-state index >= 15 is 0 Å². The summed E-state index contributed by atoms with van der Waals surface area (Å²) in [6.07, 6.45) is 6.87. The van der Waals surface area contributed by atoms with Gasteiger partial charge in [-0.15, -0.1) is 0 Å². The molecule has 0 heterocycles. The summed E-state index contributed by atoms with van der Waals surface area (Å²) in [5.41, 5.74) is 2.57. The van der Waals surface area contributed by atoms with Gasteiger partial charge in [-0.2, -0.15) is 0 Å². The van der Waals surface area contributed by atoms with Crippen LogP contribution in [0.2, 0.25) is 0 Å². The molecule has 17 heavy (non-hydrogen) atoms. The van der Waals surface area contributed by atoms with Crippen LogP contribution in [0.4, 0.5) is 0 Å². The average molecular weight is 232 g/mol. The third kappa shape index (κ3) is 2.71. The molecule has 1 unspecified atom stereocenters. The molecule has 0 bridgehead atoms. The second-order valence-electron chi connectivity index (χ2n) is 5.76. The van der Waals surface area contributed by atoms with E-state index < -0.39 is 0 Å². The molecular formula is C16H24O. The summed E-state index contributed by atoms with van der Waals surface area (Å²) in [7, 11) is 0. The first kappa shape index (κ1) is 12.6. The monoisotopic (exact) mass is 232 g/mol. The predicted octanol–water partition coefficient (Wildman–Crippen LogP) is 4.25. The molecule has 1 aliphatic carbocycles. The van der Waals surface area contributed by atoms with E-state index in [4.69, 9.17) is 0 Å². The second-order valence-corrected chi connectivity index (χ2v) is 5.76. The van der Waals surface area contributed by atoms with Gasteiger partial charge in [0.15, 0.2) is 0 Å². The Morgan fingerprint density at radius 3 is 2.29 bits per heavy atom. The Morgan fingerprint density at radius 2 is 1.76 bits per heavy atom. The highest BCUT2D eigenvalue weighted by Gasteiger charge is 2.36. The van der Waals surface area contributed by atoms with Crippen molar-refractivity contribution in [1.82, 2.24) is 0 Å². The molecule has 1 atom stereocenters. The van der Waals surface area contributed by atoms with Gasteiger partial charge >= 0.3 is 0 Å². The number of aryl methyl sites for hydroxylation is 1. The molecule has 1 nitrogen and oxygen atoms in total. The largest absolute Gasteiger partial charge is 0.388 e. The summed E-state index contributed by atoms with van der Waals surface area (Å²) in [4.78, 5) is 0. The van der Waals surface area contributed by atoms with Crippen LogP contribution in [0.25, 0.3) is 0 Å². The zero-order valence-corrected chi connectivity index (χ0v) is 11.1. The van der Waals surface area contributed by atoms with E-state index in [9.17, 15) is 5.11 Å². The minimum absolute atomic E-state index is 0.103. The average Bonchev–Trinajstić information content (AvgIpc) is 2.78. The topological polar surface area (TPSA) is 20.2 Å². The highest BCUT2D eigenvalue weighted by Crippen LogP contribution is 2.47. The Kier molecular flexibility index (Phi) is 3.88. The third-order valence-electron chi connectivity index (χ3n) is 4.24. The summed E-state index contributed by atoms with van der Waals surface area (Å²) in [5.74, 6) is 0. The molecule has 1 heteroatoms. The molecule has 0 spiro atoms. The number of rotatable bonds is 4. The molecule has 0 aliphatic heterocycles. The second kappa shape index (κ2) is 5.22. The van der Waals surface area contributed by atoms with E-state index in [1.54, 1.807) is 0 Å². The van der Waals surface area contributed by atoms with Gasteiger partial charge in [-0.1, -0.05) is 57.4 Å². The van der Waals surface area contributed by atoms with E-state index in [-0.39, 0.29) is 11.5 Å². The molecule has 1 N–H and O–H groups in total. The van der Waals surface area contributed by atoms with Crippen molar-refractivity contribution < 1.29 is 5.11 Å². The van der Waals surface area contributed by atoms with Gasteiger partial charge in [-0.05, 0) is 35.8 Å². The van der Waals surface area contributed by atoms with E-state index in [1.165, 1.54) is 24.8 Å². The molecule has 94 valence electrons. The van der Waals surface area contributed by atoms with E-state index in [0.29, 0.717) is 0 Å². The van der Waals surface area contributed by atoms with Gasteiger partial charge in [0, 0.05) is 0 Å². The number of aliphatic hydroxyl groups excluding tert-OH is 1. The van der Waals surface area contributed by atoms with Gasteiger partial charge in [0.25, 0.3) is 0 Å². The zero-order chi connectivity index (χ0) is 12.3. The van der Waals surface area contributed by atoms with Crippen LogP contribution >= 0.6 is 0 Å². The molecule has 1 aromatic rings. The van der Waals surface area contributed by atoms with Crippen LogP contribution in [0.3, 0.4) is 0 Å². The molecule has 0 amide bonds. The molecule has 0 radical (unpaired) electrons. The maximum atomic E-state index is 10.5. The van der Waals surface area contributed by atoms with Gasteiger partial charge in [0.2, 0.25) is 0 Å². The highest BCUT2D eigenvalue weighted by atomic mass is 16.3. The third-order valence-corrected chi connectivity index (χ3v) is 4.24. The van der Waals surface area contributed by atoms with Crippen LogP contribution in [-0.4, -0.2) is 5.11 Å². The number of hydrogen-bond acceptors (Lipinski definition) is 1. The molecular weight excluding hydrogens is 208 g/mol. The Balaban J connectivity index is 2.11. The lowest BCUT2D eigenvalue weighted by Gasteiger charge is -2.30. The Morgan fingerprint density at radius 1 is 1.18 bits per heavy atom. The standard InChI is InChI=1S/C16H24O/c1-3-6-13-7-9-14(10-8-13)15(17)16(2)11-4-5-12-16/h7-10,15,17H,3-6,11-12H2,1-2H3. The van der Waals surface area contributed by atoms with Gasteiger partial charge < -0.3 is 5.11 Å². The van der Waals surface area contributed by atoms with Crippen molar-refractivity contribution in [2.75, 3.05) is 0 Å². The van der Waals surface area contributed by atoms with Gasteiger partial charge in [-0.3, -0.25) is 0 Å². The van der Waals surface area contributed by atoms with Crippen molar-refractivity contribution >= 4 is 0 Å². The maximum absolute atomic E-state index is 10.5. The number of benzene rings is 1. The lowest BCUT2D eigenvalue weighted by Crippen LogP contribution is -2.21. The fraction of sp³-hybridized carbons (Fsp3) is 0.625. The van der Waals surface area contributed by atoms with Crippen LogP contribution < -0.4 is 0 Å². The van der Waals surface area contributed by atoms with Crippen LogP contribution in [0, 0.1) is 5.41 Å². The molecule has 0 aromatic heterocycles. The van der Waals surface area contributed by atoms with Crippen molar-refractivity contribution in [2.45, 2.75) is 58.5 Å². The molecule has 1 fully saturated rings. The molecule has 2 rings (SSSR count). The summed E-state index contributed by atoms with van der Waals surface area (Å²) < 4.78 is 0. The summed E-state index contributed by atoms with van der Waals surface area (Å²) in [6, 6.07) is 8.55. The van der Waals surface area contributed by atoms with Crippen molar-refractivity contribution in [3.63, 3.8) is 0 Å². The van der Waals surface area contributed by atoms with E-state index in [2.05, 4.69) is 38.1 Å². The first-order valence-electron chi connectivity index (χ1n) is 6.92. The van der Waals surface area contributed by atoms with Crippen LogP contribution in [0.1, 0.15) is 63.2 Å². The first-order chi connectivity index (χ1) is 8.15. The van der Waals surface area contributed by atoms with Gasteiger partial charge in [-0.25, -0.2) is 0 Å². The minimum Gasteiger partial charge on any atom is -0.388 e. The SMILES string of the molecule is CCCc1ccc(C(O)C2(C)CCCC2)cc1. The Bertz CT molecular complexity index is 346. The van der Waals surface area contributed by atoms with E-state index in [0.717, 1.165) is 24.8 Å². The van der Waals surface area contributed by atoms with Crippen LogP contribution in [-0.2, 0) is 6.42 Å². The molecule has 1 saturated carbocycles. The molecule has 1 aromatic carbocycles. The fourth-order valence-corrected chi connectivity index (χ4v) is 3.01. The first-order valence-corrected chi connectivity index (χ1v) is 6.92. The van der Waals surface area contributed by atoms with Crippen molar-refractivity contribution in [1.29, 1.82) is 0 Å². The number of aliphatic hydroxyl groups is 1. The lowest BCUT2D eigenvalue weighted by molar-refractivity contribution is 0.0408. The van der Waals surface area contributed by atoms with Crippen molar-refractivity contribution in [2.24, 2.45) is 5.41 Å². The van der Waals surface area contributed by atoms with Crippen molar-refractivity contribution in [3.05, 3.63) is 35.4 Å². The Labute approximate surface area is 105 Å². The van der Waals surface area contributed by atoms with E-state index in [1.807, 2.05) is 0 Å². The van der Waals surface area contributed by atoms with Crippen LogP contribution in [0.15, 0.2) is 24.3 Å². The quantitative estimate of drug-likeness (QED) is 0.822. The summed E-state index contributed by atoms with van der Waals surface area (Å²) in [6.45, 7) is 4.42. The minimum atomic E-state index is -0.291. The summed E-state index contributed by atoms with van der Waals surface area (Å²) in [5, 5.41) is 10.5. The molecule has 1 aliphatic rings. The van der Waals surface area contributed by atoms with Crippen LogP contribution in [0.5, 0.6) is 0 Å². The lowest BCUT2D eigenvalue weighted by atomic mass is 9.79. The number of hydrogen-bond donors (Lipinski definition) is 1. The van der Waals surface area contributed by atoms with Crippen molar-refractivity contribution in [3.8, 4) is 0 Å². The fourth-order valence-electron chi connectivity index (χ4n) is 3.01. The normalized spacial score (nSPS) is 20.4. The van der Waals surface area contributed by atoms with Gasteiger partial charge in [0.05, 0.1) is 6.10 Å². The molecule has 0 saturated heterocycles. The summed E-state index contributed by atoms with van der Waals surface area (Å²) >= 11 is 0. The predicted molar refractivity (Wildman–Crippen MR) is 72.0 cm³/mol. The Hall–Kier alpha value is -0.820. The smallest absolute Gasteiger partial charge is 0.0843 e. The van der Waals surface area contributed by atoms with Gasteiger partial charge in [0.1, 0.15) is 0 Å². The highest BCUT2D eigenvalue weighted by molar-refractivity contribution is 5.25. The zero-order valence-electron chi connectivity index (χ0n) is 11.1. The maximum Gasteiger partial charge on any atom is 0.0843 e.